The minimum atomic E-state index is 0.991. The first-order chi connectivity index (χ1) is 8.31. The molecular formula is C17H20. The summed E-state index contributed by atoms with van der Waals surface area (Å²) in [6.45, 7) is 2.13. The van der Waals surface area contributed by atoms with Gasteiger partial charge in [0, 0.05) is 0 Å². The van der Waals surface area contributed by atoms with Gasteiger partial charge in [0.05, 0.1) is 0 Å². The minimum Gasteiger partial charge on any atom is -0.0851 e. The highest BCUT2D eigenvalue weighted by Crippen LogP contribution is 2.38. The van der Waals surface area contributed by atoms with E-state index in [1.54, 1.807) is 0 Å². The lowest BCUT2D eigenvalue weighted by Gasteiger charge is -1.97. The van der Waals surface area contributed by atoms with Crippen LogP contribution in [0.25, 0.3) is 6.08 Å². The van der Waals surface area contributed by atoms with Crippen LogP contribution in [0.5, 0.6) is 0 Å². The molecule has 0 aliphatic heterocycles. The van der Waals surface area contributed by atoms with E-state index in [9.17, 15) is 0 Å². The first-order valence-corrected chi connectivity index (χ1v) is 6.75. The molecule has 0 amide bonds. The van der Waals surface area contributed by atoms with E-state index < -0.39 is 0 Å². The van der Waals surface area contributed by atoms with Gasteiger partial charge in [-0.15, -0.1) is 0 Å². The van der Waals surface area contributed by atoms with E-state index in [4.69, 9.17) is 0 Å². The first-order valence-electron chi connectivity index (χ1n) is 6.75. The van der Waals surface area contributed by atoms with Crippen molar-refractivity contribution >= 4 is 6.08 Å². The van der Waals surface area contributed by atoms with Crippen molar-refractivity contribution in [1.82, 2.24) is 0 Å². The number of fused-ring (bicyclic) bond motifs is 3. The Bertz CT molecular complexity index is 453. The van der Waals surface area contributed by atoms with E-state index in [2.05, 4.69) is 49.4 Å². The van der Waals surface area contributed by atoms with Crippen molar-refractivity contribution in [2.75, 3.05) is 0 Å². The molecule has 2 atom stereocenters. The third kappa shape index (κ3) is 2.36. The van der Waals surface area contributed by atoms with Gasteiger partial charge >= 0.3 is 0 Å². The Labute approximate surface area is 104 Å². The lowest BCUT2D eigenvalue weighted by atomic mass is 10.1. The van der Waals surface area contributed by atoms with E-state index in [-0.39, 0.29) is 0 Å². The quantitative estimate of drug-likeness (QED) is 0.568. The summed E-state index contributed by atoms with van der Waals surface area (Å²) in [4.78, 5) is 0. The lowest BCUT2D eigenvalue weighted by Crippen LogP contribution is -1.82. The zero-order valence-corrected chi connectivity index (χ0v) is 10.5. The molecule has 0 aromatic heterocycles. The highest BCUT2D eigenvalue weighted by atomic mass is 14.3. The molecule has 3 aliphatic carbocycles. The normalized spacial score (nSPS) is 26.9. The second-order valence-electron chi connectivity index (χ2n) is 5.53. The molecule has 1 fully saturated rings. The fourth-order valence-corrected chi connectivity index (χ4v) is 3.08. The van der Waals surface area contributed by atoms with Crippen molar-refractivity contribution in [2.24, 2.45) is 11.8 Å². The highest BCUT2D eigenvalue weighted by Gasteiger charge is 2.25. The Morgan fingerprint density at radius 2 is 1.82 bits per heavy atom. The Morgan fingerprint density at radius 1 is 1.06 bits per heavy atom. The van der Waals surface area contributed by atoms with Gasteiger partial charge in [0.1, 0.15) is 0 Å². The van der Waals surface area contributed by atoms with Crippen LogP contribution in [0.2, 0.25) is 0 Å². The van der Waals surface area contributed by atoms with Crippen LogP contribution in [0.4, 0.5) is 0 Å². The predicted molar refractivity (Wildman–Crippen MR) is 73.9 cm³/mol. The first kappa shape index (κ1) is 10.8. The molecule has 1 aromatic rings. The van der Waals surface area contributed by atoms with Crippen molar-refractivity contribution in [3.8, 4) is 0 Å². The van der Waals surface area contributed by atoms with E-state index >= 15 is 0 Å². The average molecular weight is 224 g/mol. The maximum atomic E-state index is 2.38. The van der Waals surface area contributed by atoms with Gasteiger partial charge in [0.2, 0.25) is 0 Å². The fourth-order valence-electron chi connectivity index (χ4n) is 3.08. The molecule has 0 saturated heterocycles. The summed E-state index contributed by atoms with van der Waals surface area (Å²) in [5.41, 5.74) is 4.22. The van der Waals surface area contributed by atoms with Crippen LogP contribution in [0.1, 0.15) is 36.0 Å². The molecule has 2 unspecified atom stereocenters. The minimum absolute atomic E-state index is 0.991. The molecule has 0 N–H and O–H groups in total. The third-order valence-electron chi connectivity index (χ3n) is 4.11. The Kier molecular flexibility index (Phi) is 2.88. The summed E-state index contributed by atoms with van der Waals surface area (Å²) in [7, 11) is 0. The molecule has 4 rings (SSSR count). The predicted octanol–water partition coefficient (Wildman–Crippen LogP) is 4.54. The summed E-state index contributed by atoms with van der Waals surface area (Å²) in [6, 6.07) is 6.62. The summed E-state index contributed by atoms with van der Waals surface area (Å²) >= 11 is 0. The van der Waals surface area contributed by atoms with Crippen LogP contribution in [0.3, 0.4) is 0 Å². The van der Waals surface area contributed by atoms with Gasteiger partial charge in [-0.25, -0.2) is 0 Å². The molecule has 1 saturated carbocycles. The molecule has 0 heteroatoms. The Morgan fingerprint density at radius 3 is 2.41 bits per heavy atom. The van der Waals surface area contributed by atoms with Gasteiger partial charge in [-0.2, -0.15) is 0 Å². The van der Waals surface area contributed by atoms with E-state index in [0.29, 0.717) is 0 Å². The van der Waals surface area contributed by atoms with Crippen molar-refractivity contribution in [3.05, 3.63) is 53.1 Å². The SMILES string of the molecule is C1=CC2CCC1C2.Cc1ccc2c(c1)C=CC2. The van der Waals surface area contributed by atoms with Crippen molar-refractivity contribution in [1.29, 1.82) is 0 Å². The third-order valence-corrected chi connectivity index (χ3v) is 4.11. The van der Waals surface area contributed by atoms with Gasteiger partial charge in [0.15, 0.2) is 0 Å². The summed E-state index contributed by atoms with van der Waals surface area (Å²) in [5, 5.41) is 0. The number of hydrogen-bond acceptors (Lipinski definition) is 0. The highest BCUT2D eigenvalue weighted by molar-refractivity contribution is 5.60. The molecule has 0 nitrogen and oxygen atoms in total. The van der Waals surface area contributed by atoms with Gasteiger partial charge in [-0.05, 0) is 55.6 Å². The number of allylic oxidation sites excluding steroid dienone is 3. The van der Waals surface area contributed by atoms with Gasteiger partial charge in [-0.3, -0.25) is 0 Å². The number of aryl methyl sites for hydroxylation is 1. The average Bonchev–Trinajstić information content (AvgIpc) is 3.06. The van der Waals surface area contributed by atoms with E-state index in [1.807, 2.05) is 0 Å². The largest absolute Gasteiger partial charge is 0.0851 e. The fraction of sp³-hybridized carbons (Fsp3) is 0.412. The maximum Gasteiger partial charge on any atom is -0.00882 e. The topological polar surface area (TPSA) is 0 Å². The summed E-state index contributed by atoms with van der Waals surface area (Å²) in [6.07, 6.45) is 14.7. The van der Waals surface area contributed by atoms with Gasteiger partial charge in [0.25, 0.3) is 0 Å². The van der Waals surface area contributed by atoms with Crippen molar-refractivity contribution < 1.29 is 0 Å². The number of rotatable bonds is 0. The standard InChI is InChI=1S/C10H10.C7H10/c1-8-5-6-9-3-2-4-10(9)7-8;1-2-7-4-3-6(1)5-7/h2,4-7H,3H2,1H3;1-2,6-7H,3-5H2. The molecule has 0 heterocycles. The molecule has 88 valence electrons. The van der Waals surface area contributed by atoms with E-state index in [0.717, 1.165) is 18.3 Å². The zero-order valence-electron chi connectivity index (χ0n) is 10.5. The van der Waals surface area contributed by atoms with Crippen LogP contribution in [0, 0.1) is 18.8 Å². The van der Waals surface area contributed by atoms with E-state index in [1.165, 1.54) is 36.0 Å². The van der Waals surface area contributed by atoms with Crippen molar-refractivity contribution in [2.45, 2.75) is 32.6 Å². The monoisotopic (exact) mass is 224 g/mol. The zero-order chi connectivity index (χ0) is 11.7. The Hall–Kier alpha value is -1.30. The maximum absolute atomic E-state index is 2.38. The van der Waals surface area contributed by atoms with Crippen LogP contribution in [-0.4, -0.2) is 0 Å². The molecule has 2 bridgehead atoms. The number of benzene rings is 1. The second-order valence-corrected chi connectivity index (χ2v) is 5.53. The molecule has 3 aliphatic rings. The lowest BCUT2D eigenvalue weighted by molar-refractivity contribution is 0.691. The van der Waals surface area contributed by atoms with Crippen LogP contribution in [-0.2, 0) is 6.42 Å². The Balaban J connectivity index is 0.000000113. The van der Waals surface area contributed by atoms with Crippen LogP contribution in [0.15, 0.2) is 36.4 Å². The molecular weight excluding hydrogens is 204 g/mol. The smallest absolute Gasteiger partial charge is 0.00882 e. The molecule has 0 spiro atoms. The van der Waals surface area contributed by atoms with Crippen LogP contribution < -0.4 is 0 Å². The summed E-state index contributed by atoms with van der Waals surface area (Å²) < 4.78 is 0. The summed E-state index contributed by atoms with van der Waals surface area (Å²) in [5.74, 6) is 1.98. The second kappa shape index (κ2) is 4.52. The van der Waals surface area contributed by atoms with Gasteiger partial charge < -0.3 is 0 Å². The number of hydrogen-bond donors (Lipinski definition) is 0. The van der Waals surface area contributed by atoms with Crippen LogP contribution >= 0.6 is 0 Å². The molecule has 17 heavy (non-hydrogen) atoms. The van der Waals surface area contributed by atoms with Gasteiger partial charge in [-0.1, -0.05) is 48.1 Å². The molecule has 1 aromatic carbocycles. The molecule has 0 radical (unpaired) electrons. The van der Waals surface area contributed by atoms with Crippen molar-refractivity contribution in [3.63, 3.8) is 0 Å².